The van der Waals surface area contributed by atoms with Gasteiger partial charge in [0, 0.05) is 12.6 Å². The van der Waals surface area contributed by atoms with Crippen molar-refractivity contribution >= 4 is 0 Å². The maximum atomic E-state index is 5.63. The van der Waals surface area contributed by atoms with Gasteiger partial charge >= 0.3 is 0 Å². The first-order chi connectivity index (χ1) is 6.79. The first-order valence-electron chi connectivity index (χ1n) is 6.10. The Kier molecular flexibility index (Phi) is 5.49. The lowest BCUT2D eigenvalue weighted by Crippen LogP contribution is -2.36. The third-order valence-electron chi connectivity index (χ3n) is 2.99. The van der Waals surface area contributed by atoms with Crippen LogP contribution in [0.5, 0.6) is 0 Å². The molecule has 0 saturated heterocycles. The summed E-state index contributed by atoms with van der Waals surface area (Å²) in [6, 6.07) is 0.608. The topological polar surface area (TPSA) is 21.3 Å². The fourth-order valence-electron chi connectivity index (χ4n) is 1.93. The van der Waals surface area contributed by atoms with Crippen LogP contribution in [-0.4, -0.2) is 25.8 Å². The molecule has 1 fully saturated rings. The molecule has 1 saturated carbocycles. The van der Waals surface area contributed by atoms with E-state index in [1.54, 1.807) is 0 Å². The Bertz CT molecular complexity index is 149. The largest absolute Gasteiger partial charge is 0.380 e. The van der Waals surface area contributed by atoms with Crippen LogP contribution in [-0.2, 0) is 4.74 Å². The Morgan fingerprint density at radius 3 is 2.57 bits per heavy atom. The lowest BCUT2D eigenvalue weighted by atomic mass is 10.1. The Labute approximate surface area is 88.4 Å². The van der Waals surface area contributed by atoms with Gasteiger partial charge in [-0.1, -0.05) is 20.8 Å². The van der Waals surface area contributed by atoms with Crippen molar-refractivity contribution in [1.29, 1.82) is 0 Å². The smallest absolute Gasteiger partial charge is 0.0622 e. The molecule has 0 aromatic heterocycles. The Morgan fingerprint density at radius 1 is 1.36 bits per heavy atom. The molecule has 14 heavy (non-hydrogen) atoms. The van der Waals surface area contributed by atoms with Crippen molar-refractivity contribution in [2.24, 2.45) is 11.8 Å². The molecule has 0 amide bonds. The number of hydrogen-bond donors (Lipinski definition) is 1. The van der Waals surface area contributed by atoms with E-state index in [9.17, 15) is 0 Å². The quantitative estimate of drug-likeness (QED) is 0.606. The van der Waals surface area contributed by atoms with E-state index in [0.717, 1.165) is 38.0 Å². The van der Waals surface area contributed by atoms with Crippen molar-refractivity contribution in [3.63, 3.8) is 0 Å². The van der Waals surface area contributed by atoms with Gasteiger partial charge in [-0.15, -0.1) is 0 Å². The molecule has 0 aliphatic heterocycles. The van der Waals surface area contributed by atoms with Crippen LogP contribution in [0.2, 0.25) is 0 Å². The van der Waals surface area contributed by atoms with Crippen LogP contribution in [0, 0.1) is 11.8 Å². The molecule has 2 heteroatoms. The molecule has 0 radical (unpaired) electrons. The standard InChI is InChI=1S/C12H25NO/c1-4-6-13-12(9-14-7-5-2)11-8-10(11)3/h10-13H,4-9H2,1-3H3. The van der Waals surface area contributed by atoms with Crippen LogP contribution < -0.4 is 5.32 Å². The minimum absolute atomic E-state index is 0.608. The summed E-state index contributed by atoms with van der Waals surface area (Å²) in [5.41, 5.74) is 0. The minimum atomic E-state index is 0.608. The summed E-state index contributed by atoms with van der Waals surface area (Å²) in [4.78, 5) is 0. The summed E-state index contributed by atoms with van der Waals surface area (Å²) in [6.07, 6.45) is 3.73. The fraction of sp³-hybridized carbons (Fsp3) is 1.00. The Morgan fingerprint density at radius 2 is 2.07 bits per heavy atom. The second kappa shape index (κ2) is 6.41. The van der Waals surface area contributed by atoms with E-state index in [1.165, 1.54) is 12.8 Å². The molecule has 3 atom stereocenters. The van der Waals surface area contributed by atoms with Crippen molar-refractivity contribution in [3.05, 3.63) is 0 Å². The summed E-state index contributed by atoms with van der Waals surface area (Å²) in [5.74, 6) is 1.79. The summed E-state index contributed by atoms with van der Waals surface area (Å²) in [6.45, 7) is 9.66. The molecule has 0 heterocycles. The normalized spacial score (nSPS) is 27.6. The monoisotopic (exact) mass is 199 g/mol. The van der Waals surface area contributed by atoms with Gasteiger partial charge in [0.05, 0.1) is 6.61 Å². The maximum absolute atomic E-state index is 5.63. The minimum Gasteiger partial charge on any atom is -0.380 e. The highest BCUT2D eigenvalue weighted by Gasteiger charge is 2.38. The highest BCUT2D eigenvalue weighted by molar-refractivity contribution is 4.92. The van der Waals surface area contributed by atoms with Gasteiger partial charge in [-0.05, 0) is 37.6 Å². The number of rotatable bonds is 8. The van der Waals surface area contributed by atoms with Crippen LogP contribution in [0.3, 0.4) is 0 Å². The molecule has 0 aromatic rings. The van der Waals surface area contributed by atoms with Crippen LogP contribution in [0.15, 0.2) is 0 Å². The molecule has 1 aliphatic carbocycles. The Hall–Kier alpha value is -0.0800. The third kappa shape index (κ3) is 3.97. The number of nitrogens with one attached hydrogen (secondary N) is 1. The van der Waals surface area contributed by atoms with Gasteiger partial charge in [0.2, 0.25) is 0 Å². The molecule has 0 aromatic carbocycles. The average molecular weight is 199 g/mol. The fourth-order valence-corrected chi connectivity index (χ4v) is 1.93. The lowest BCUT2D eigenvalue weighted by molar-refractivity contribution is 0.104. The van der Waals surface area contributed by atoms with E-state index in [-0.39, 0.29) is 0 Å². The molecule has 84 valence electrons. The van der Waals surface area contributed by atoms with Crippen molar-refractivity contribution in [2.75, 3.05) is 19.8 Å². The van der Waals surface area contributed by atoms with Crippen LogP contribution in [0.1, 0.15) is 40.0 Å². The van der Waals surface area contributed by atoms with Gasteiger partial charge < -0.3 is 10.1 Å². The first kappa shape index (κ1) is 12.0. The third-order valence-corrected chi connectivity index (χ3v) is 2.99. The van der Waals surface area contributed by atoms with Gasteiger partial charge in [-0.3, -0.25) is 0 Å². The molecule has 0 bridgehead atoms. The summed E-state index contributed by atoms with van der Waals surface area (Å²) >= 11 is 0. The highest BCUT2D eigenvalue weighted by Crippen LogP contribution is 2.40. The zero-order valence-electron chi connectivity index (χ0n) is 9.88. The summed E-state index contributed by atoms with van der Waals surface area (Å²) < 4.78 is 5.63. The maximum Gasteiger partial charge on any atom is 0.0622 e. The van der Waals surface area contributed by atoms with Gasteiger partial charge in [0.15, 0.2) is 0 Å². The molecule has 2 nitrogen and oxygen atoms in total. The highest BCUT2D eigenvalue weighted by atomic mass is 16.5. The van der Waals surface area contributed by atoms with Crippen molar-refractivity contribution in [2.45, 2.75) is 46.1 Å². The van der Waals surface area contributed by atoms with E-state index >= 15 is 0 Å². The predicted octanol–water partition coefficient (Wildman–Crippen LogP) is 2.44. The molecule has 1 aliphatic rings. The SMILES string of the molecule is CCCNC(COCCC)C1CC1C. The van der Waals surface area contributed by atoms with E-state index in [1.807, 2.05) is 0 Å². The number of hydrogen-bond acceptors (Lipinski definition) is 2. The number of ether oxygens (including phenoxy) is 1. The van der Waals surface area contributed by atoms with Gasteiger partial charge in [0.25, 0.3) is 0 Å². The van der Waals surface area contributed by atoms with Crippen LogP contribution >= 0.6 is 0 Å². The second-order valence-corrected chi connectivity index (χ2v) is 4.51. The van der Waals surface area contributed by atoms with E-state index in [0.29, 0.717) is 6.04 Å². The summed E-state index contributed by atoms with van der Waals surface area (Å²) in [5, 5.41) is 3.60. The molecule has 1 N–H and O–H groups in total. The van der Waals surface area contributed by atoms with E-state index in [2.05, 4.69) is 26.1 Å². The van der Waals surface area contributed by atoms with Gasteiger partial charge in [0.1, 0.15) is 0 Å². The second-order valence-electron chi connectivity index (χ2n) is 4.51. The van der Waals surface area contributed by atoms with Crippen molar-refractivity contribution in [3.8, 4) is 0 Å². The molecule has 3 unspecified atom stereocenters. The van der Waals surface area contributed by atoms with E-state index in [4.69, 9.17) is 4.74 Å². The van der Waals surface area contributed by atoms with Crippen molar-refractivity contribution < 1.29 is 4.74 Å². The van der Waals surface area contributed by atoms with Gasteiger partial charge in [-0.2, -0.15) is 0 Å². The van der Waals surface area contributed by atoms with Crippen molar-refractivity contribution in [1.82, 2.24) is 5.32 Å². The molecular weight excluding hydrogens is 174 g/mol. The zero-order valence-corrected chi connectivity index (χ0v) is 9.88. The van der Waals surface area contributed by atoms with Gasteiger partial charge in [-0.25, -0.2) is 0 Å². The average Bonchev–Trinajstić information content (AvgIpc) is 2.89. The molecular formula is C12H25NO. The molecule has 0 spiro atoms. The lowest BCUT2D eigenvalue weighted by Gasteiger charge is -2.18. The van der Waals surface area contributed by atoms with E-state index < -0.39 is 0 Å². The molecule has 1 rings (SSSR count). The zero-order chi connectivity index (χ0) is 10.4. The van der Waals surface area contributed by atoms with Crippen LogP contribution in [0.25, 0.3) is 0 Å². The van der Waals surface area contributed by atoms with Crippen LogP contribution in [0.4, 0.5) is 0 Å². The first-order valence-corrected chi connectivity index (χ1v) is 6.10. The Balaban J connectivity index is 2.15. The predicted molar refractivity (Wildman–Crippen MR) is 60.5 cm³/mol. The summed E-state index contributed by atoms with van der Waals surface area (Å²) in [7, 11) is 0.